The van der Waals surface area contributed by atoms with Crippen LogP contribution in [0.15, 0.2) is 15.5 Å². The van der Waals surface area contributed by atoms with Crippen LogP contribution in [0.5, 0.6) is 11.5 Å². The molecule has 1 aromatic rings. The van der Waals surface area contributed by atoms with Crippen LogP contribution < -0.4 is 9.47 Å². The molecule has 6 heteroatoms. The lowest BCUT2D eigenvalue weighted by Crippen LogP contribution is -2.00. The van der Waals surface area contributed by atoms with E-state index in [4.69, 9.17) is 32.7 Å². The van der Waals surface area contributed by atoms with Crippen molar-refractivity contribution in [1.82, 2.24) is 0 Å². The molecule has 0 aliphatic heterocycles. The SMILES string of the molecule is CCc1c(OCC=C(Br)Br)cc(Cl)c(OC)c1Cl. The minimum absolute atomic E-state index is 0.415. The number of methoxy groups -OCH3 is 1. The van der Waals surface area contributed by atoms with E-state index in [9.17, 15) is 0 Å². The van der Waals surface area contributed by atoms with E-state index in [1.807, 2.05) is 13.0 Å². The standard InChI is InChI=1S/C12H12Br2Cl2O2/c1-3-7-9(18-5-4-10(13)14)6-8(15)12(17-2)11(7)16/h4,6H,3,5H2,1-2H3. The van der Waals surface area contributed by atoms with Crippen molar-refractivity contribution in [2.24, 2.45) is 0 Å². The molecule has 18 heavy (non-hydrogen) atoms. The van der Waals surface area contributed by atoms with Crippen LogP contribution in [0.4, 0.5) is 0 Å². The summed E-state index contributed by atoms with van der Waals surface area (Å²) < 4.78 is 11.6. The van der Waals surface area contributed by atoms with Gasteiger partial charge in [0.25, 0.3) is 0 Å². The van der Waals surface area contributed by atoms with E-state index >= 15 is 0 Å². The van der Waals surface area contributed by atoms with E-state index < -0.39 is 0 Å². The Hall–Kier alpha value is 0.1000. The third-order valence-electron chi connectivity index (χ3n) is 2.27. The Bertz CT molecular complexity index is 458. The number of hydrogen-bond acceptors (Lipinski definition) is 2. The van der Waals surface area contributed by atoms with Crippen LogP contribution in [0.2, 0.25) is 10.0 Å². The van der Waals surface area contributed by atoms with Crippen molar-refractivity contribution in [3.63, 3.8) is 0 Å². The second kappa shape index (κ2) is 7.63. The summed E-state index contributed by atoms with van der Waals surface area (Å²) in [4.78, 5) is 0. The van der Waals surface area contributed by atoms with Crippen LogP contribution in [0.25, 0.3) is 0 Å². The zero-order chi connectivity index (χ0) is 13.7. The fraction of sp³-hybridized carbons (Fsp3) is 0.333. The van der Waals surface area contributed by atoms with Gasteiger partial charge in [-0.1, -0.05) is 30.1 Å². The molecule has 0 fully saturated rings. The molecule has 0 bridgehead atoms. The zero-order valence-corrected chi connectivity index (χ0v) is 14.6. The molecule has 0 radical (unpaired) electrons. The maximum absolute atomic E-state index is 6.24. The lowest BCUT2D eigenvalue weighted by atomic mass is 10.1. The van der Waals surface area contributed by atoms with Crippen molar-refractivity contribution in [2.45, 2.75) is 13.3 Å². The summed E-state index contributed by atoms with van der Waals surface area (Å²) in [6.07, 6.45) is 2.58. The van der Waals surface area contributed by atoms with E-state index in [1.165, 1.54) is 7.11 Å². The Labute approximate surface area is 134 Å². The molecule has 0 atom stereocenters. The summed E-state index contributed by atoms with van der Waals surface area (Å²) in [7, 11) is 1.54. The molecule has 0 saturated heterocycles. The van der Waals surface area contributed by atoms with Crippen LogP contribution in [0.1, 0.15) is 12.5 Å². The van der Waals surface area contributed by atoms with E-state index in [-0.39, 0.29) is 0 Å². The number of ether oxygens (including phenoxy) is 2. The fourth-order valence-corrected chi connectivity index (χ4v) is 2.45. The highest BCUT2D eigenvalue weighted by atomic mass is 79.9. The van der Waals surface area contributed by atoms with Gasteiger partial charge in [-0.25, -0.2) is 0 Å². The van der Waals surface area contributed by atoms with Gasteiger partial charge < -0.3 is 9.47 Å². The predicted molar refractivity (Wildman–Crippen MR) is 83.8 cm³/mol. The summed E-state index contributed by atoms with van der Waals surface area (Å²) in [5.74, 6) is 1.16. The summed E-state index contributed by atoms with van der Waals surface area (Å²) in [6, 6.07) is 1.72. The van der Waals surface area contributed by atoms with Crippen molar-refractivity contribution in [3.8, 4) is 11.5 Å². The van der Waals surface area contributed by atoms with Crippen molar-refractivity contribution in [3.05, 3.63) is 31.1 Å². The average Bonchev–Trinajstić information content (AvgIpc) is 2.29. The fourth-order valence-electron chi connectivity index (χ4n) is 1.46. The molecule has 0 aromatic heterocycles. The first kappa shape index (κ1) is 16.2. The molecule has 0 amide bonds. The first-order valence-electron chi connectivity index (χ1n) is 5.20. The van der Waals surface area contributed by atoms with E-state index in [1.54, 1.807) is 6.07 Å². The Morgan fingerprint density at radius 3 is 2.56 bits per heavy atom. The molecule has 2 nitrogen and oxygen atoms in total. The van der Waals surface area contributed by atoms with Crippen molar-refractivity contribution >= 4 is 55.1 Å². The van der Waals surface area contributed by atoms with Gasteiger partial charge in [0.1, 0.15) is 12.4 Å². The molecule has 0 N–H and O–H groups in total. The molecule has 0 aliphatic carbocycles. The first-order valence-corrected chi connectivity index (χ1v) is 7.54. The largest absolute Gasteiger partial charge is 0.494 e. The Kier molecular flexibility index (Phi) is 6.85. The highest BCUT2D eigenvalue weighted by molar-refractivity contribution is 9.28. The quantitative estimate of drug-likeness (QED) is 0.622. The Balaban J connectivity index is 3.08. The summed E-state index contributed by atoms with van der Waals surface area (Å²) >= 11 is 18.8. The number of halogens is 4. The van der Waals surface area contributed by atoms with E-state index in [0.717, 1.165) is 15.4 Å². The van der Waals surface area contributed by atoms with Gasteiger partial charge in [-0.15, -0.1) is 0 Å². The van der Waals surface area contributed by atoms with Crippen LogP contribution in [-0.2, 0) is 6.42 Å². The normalized spacial score (nSPS) is 10.1. The summed E-state index contributed by atoms with van der Waals surface area (Å²) in [5.41, 5.74) is 0.886. The maximum atomic E-state index is 6.24. The van der Waals surface area contributed by atoms with Crippen molar-refractivity contribution in [1.29, 1.82) is 0 Å². The van der Waals surface area contributed by atoms with Crippen LogP contribution >= 0.6 is 55.1 Å². The molecule has 100 valence electrons. The highest BCUT2D eigenvalue weighted by Crippen LogP contribution is 2.41. The second-order valence-corrected chi connectivity index (χ2v) is 6.90. The zero-order valence-electron chi connectivity index (χ0n) is 9.90. The highest BCUT2D eigenvalue weighted by Gasteiger charge is 2.16. The second-order valence-electron chi connectivity index (χ2n) is 3.34. The van der Waals surface area contributed by atoms with Crippen molar-refractivity contribution < 1.29 is 9.47 Å². The minimum Gasteiger partial charge on any atom is -0.494 e. The van der Waals surface area contributed by atoms with Crippen LogP contribution in [-0.4, -0.2) is 13.7 Å². The molecule has 0 saturated carbocycles. The summed E-state index contributed by atoms with van der Waals surface area (Å²) in [5, 5.41) is 0.945. The van der Waals surface area contributed by atoms with E-state index in [2.05, 4.69) is 31.9 Å². The topological polar surface area (TPSA) is 18.5 Å². The van der Waals surface area contributed by atoms with Gasteiger partial charge in [0.2, 0.25) is 0 Å². The minimum atomic E-state index is 0.415. The lowest BCUT2D eigenvalue weighted by Gasteiger charge is -2.15. The maximum Gasteiger partial charge on any atom is 0.156 e. The number of benzene rings is 1. The third-order valence-corrected chi connectivity index (χ3v) is 3.60. The molecule has 1 rings (SSSR count). The number of rotatable bonds is 5. The Morgan fingerprint density at radius 2 is 2.06 bits per heavy atom. The van der Waals surface area contributed by atoms with Crippen LogP contribution in [0, 0.1) is 0 Å². The molecule has 0 spiro atoms. The van der Waals surface area contributed by atoms with Gasteiger partial charge >= 0.3 is 0 Å². The molecule has 0 aliphatic rings. The monoisotopic (exact) mass is 416 g/mol. The first-order chi connectivity index (χ1) is 8.51. The lowest BCUT2D eigenvalue weighted by molar-refractivity contribution is 0.357. The van der Waals surface area contributed by atoms with Gasteiger partial charge in [0, 0.05) is 11.6 Å². The third kappa shape index (κ3) is 4.05. The van der Waals surface area contributed by atoms with Crippen LogP contribution in [0.3, 0.4) is 0 Å². The molecular formula is C12H12Br2Cl2O2. The summed E-state index contributed by atoms with van der Waals surface area (Å²) in [6.45, 7) is 2.41. The van der Waals surface area contributed by atoms with Gasteiger partial charge in [0.15, 0.2) is 5.75 Å². The van der Waals surface area contributed by atoms with Crippen molar-refractivity contribution in [2.75, 3.05) is 13.7 Å². The average molecular weight is 419 g/mol. The Morgan fingerprint density at radius 1 is 1.39 bits per heavy atom. The van der Waals surface area contributed by atoms with Gasteiger partial charge in [0.05, 0.1) is 20.5 Å². The van der Waals surface area contributed by atoms with Gasteiger partial charge in [-0.3, -0.25) is 0 Å². The molecule has 0 heterocycles. The number of hydrogen-bond donors (Lipinski definition) is 0. The van der Waals surface area contributed by atoms with Gasteiger partial charge in [-0.05, 0) is 44.4 Å². The molecule has 1 aromatic carbocycles. The molecule has 0 unspecified atom stereocenters. The predicted octanol–water partition coefficient (Wildman–Crippen LogP) is 5.57. The smallest absolute Gasteiger partial charge is 0.156 e. The van der Waals surface area contributed by atoms with Gasteiger partial charge in [-0.2, -0.15) is 0 Å². The van der Waals surface area contributed by atoms with E-state index in [0.29, 0.717) is 28.2 Å². The molecular weight excluding hydrogens is 407 g/mol.